The van der Waals surface area contributed by atoms with Crippen LogP contribution in [-0.4, -0.2) is 27.1 Å². The van der Waals surface area contributed by atoms with Crippen molar-refractivity contribution in [3.8, 4) is 11.5 Å². The summed E-state index contributed by atoms with van der Waals surface area (Å²) < 4.78 is 5.59. The van der Waals surface area contributed by atoms with Crippen molar-refractivity contribution in [1.82, 2.24) is 20.5 Å². The smallest absolute Gasteiger partial charge is 0.249 e. The van der Waals surface area contributed by atoms with Gasteiger partial charge in [-0.2, -0.15) is 0 Å². The number of carbonyl (C=O) groups is 1. The maximum Gasteiger partial charge on any atom is 0.249 e. The van der Waals surface area contributed by atoms with E-state index < -0.39 is 0 Å². The molecule has 0 unspecified atom stereocenters. The minimum Gasteiger partial charge on any atom is -0.421 e. The minimum atomic E-state index is 0.0676. The van der Waals surface area contributed by atoms with Crippen LogP contribution in [0.2, 0.25) is 0 Å². The fourth-order valence-electron chi connectivity index (χ4n) is 2.90. The molecule has 2 heterocycles. The molecule has 1 N–H and O–H groups in total. The summed E-state index contributed by atoms with van der Waals surface area (Å²) in [4.78, 5) is 16.1. The Hall–Kier alpha value is -2.24. The number of pyridine rings is 1. The Kier molecular flexibility index (Phi) is 5.34. The van der Waals surface area contributed by atoms with E-state index in [1.807, 2.05) is 12.1 Å². The first-order valence-corrected chi connectivity index (χ1v) is 8.33. The molecule has 1 amide bonds. The lowest BCUT2D eigenvalue weighted by molar-refractivity contribution is -0.121. The van der Waals surface area contributed by atoms with Crippen LogP contribution in [0.5, 0.6) is 0 Å². The number of amides is 1. The van der Waals surface area contributed by atoms with Crippen molar-refractivity contribution in [2.75, 3.05) is 0 Å². The summed E-state index contributed by atoms with van der Waals surface area (Å²) in [5.74, 6) is 0.996. The SMILES string of the molecule is O=C(CCc1nnc(-c2cccnc2)o1)NC1CCCCCC1. The number of nitrogens with one attached hydrogen (secondary N) is 1. The highest BCUT2D eigenvalue weighted by Crippen LogP contribution is 2.18. The van der Waals surface area contributed by atoms with Gasteiger partial charge in [-0.15, -0.1) is 10.2 Å². The van der Waals surface area contributed by atoms with Crippen LogP contribution < -0.4 is 5.32 Å². The molecule has 3 rings (SSSR count). The highest BCUT2D eigenvalue weighted by molar-refractivity contribution is 5.76. The maximum absolute atomic E-state index is 12.1. The van der Waals surface area contributed by atoms with E-state index in [0.717, 1.165) is 18.4 Å². The average Bonchev–Trinajstić information content (AvgIpc) is 2.91. The monoisotopic (exact) mass is 314 g/mol. The Labute approximate surface area is 135 Å². The third-order valence-electron chi connectivity index (χ3n) is 4.16. The summed E-state index contributed by atoms with van der Waals surface area (Å²) >= 11 is 0. The Morgan fingerprint density at radius 2 is 2.04 bits per heavy atom. The lowest BCUT2D eigenvalue weighted by Gasteiger charge is -2.15. The van der Waals surface area contributed by atoms with Gasteiger partial charge in [0.2, 0.25) is 17.7 Å². The summed E-state index contributed by atoms with van der Waals surface area (Å²) in [6.45, 7) is 0. The van der Waals surface area contributed by atoms with Gasteiger partial charge in [0.05, 0.1) is 5.56 Å². The highest BCUT2D eigenvalue weighted by Gasteiger charge is 2.16. The summed E-state index contributed by atoms with van der Waals surface area (Å²) in [6, 6.07) is 4.02. The molecule has 2 aromatic heterocycles. The number of hydrogen-bond donors (Lipinski definition) is 1. The summed E-state index contributed by atoms with van der Waals surface area (Å²) in [7, 11) is 0. The second-order valence-electron chi connectivity index (χ2n) is 6.00. The predicted octanol–water partition coefficient (Wildman–Crippen LogP) is 2.90. The number of rotatable bonds is 5. The fraction of sp³-hybridized carbons (Fsp3) is 0.529. The zero-order chi connectivity index (χ0) is 15.9. The van der Waals surface area contributed by atoms with Crippen LogP contribution in [0.3, 0.4) is 0 Å². The van der Waals surface area contributed by atoms with E-state index in [4.69, 9.17) is 4.42 Å². The Bertz CT molecular complexity index is 619. The van der Waals surface area contributed by atoms with E-state index in [1.54, 1.807) is 12.4 Å². The molecule has 122 valence electrons. The lowest BCUT2D eigenvalue weighted by Crippen LogP contribution is -2.34. The Morgan fingerprint density at radius 1 is 1.22 bits per heavy atom. The van der Waals surface area contributed by atoms with Crippen molar-refractivity contribution >= 4 is 5.91 Å². The third kappa shape index (κ3) is 4.61. The standard InChI is InChI=1S/C17H22N4O2/c22-15(19-14-7-3-1-2-4-8-14)9-10-16-20-21-17(23-16)13-6-5-11-18-12-13/h5-6,11-12,14H,1-4,7-10H2,(H,19,22). The number of aryl methyl sites for hydroxylation is 1. The van der Waals surface area contributed by atoms with E-state index in [1.165, 1.54) is 25.7 Å². The van der Waals surface area contributed by atoms with E-state index in [9.17, 15) is 4.79 Å². The number of nitrogens with zero attached hydrogens (tertiary/aromatic N) is 3. The zero-order valence-electron chi connectivity index (χ0n) is 13.2. The van der Waals surface area contributed by atoms with E-state index >= 15 is 0 Å². The van der Waals surface area contributed by atoms with Crippen molar-refractivity contribution < 1.29 is 9.21 Å². The number of aromatic nitrogens is 3. The largest absolute Gasteiger partial charge is 0.421 e. The van der Waals surface area contributed by atoms with Crippen molar-refractivity contribution in [3.63, 3.8) is 0 Å². The summed E-state index contributed by atoms with van der Waals surface area (Å²) in [6.07, 6.45) is 11.4. The van der Waals surface area contributed by atoms with Gasteiger partial charge in [-0.05, 0) is 25.0 Å². The van der Waals surface area contributed by atoms with Crippen molar-refractivity contribution in [1.29, 1.82) is 0 Å². The molecule has 0 saturated heterocycles. The van der Waals surface area contributed by atoms with E-state index in [-0.39, 0.29) is 5.91 Å². The normalized spacial score (nSPS) is 16.0. The Balaban J connectivity index is 1.48. The molecular formula is C17H22N4O2. The molecular weight excluding hydrogens is 292 g/mol. The third-order valence-corrected chi connectivity index (χ3v) is 4.16. The summed E-state index contributed by atoms with van der Waals surface area (Å²) in [5, 5.41) is 11.1. The molecule has 2 aromatic rings. The predicted molar refractivity (Wildman–Crippen MR) is 85.5 cm³/mol. The first kappa shape index (κ1) is 15.6. The van der Waals surface area contributed by atoms with Gasteiger partial charge >= 0.3 is 0 Å². The molecule has 0 aromatic carbocycles. The fourth-order valence-corrected chi connectivity index (χ4v) is 2.90. The molecule has 0 bridgehead atoms. The van der Waals surface area contributed by atoms with Crippen molar-refractivity contribution in [3.05, 3.63) is 30.4 Å². The summed E-state index contributed by atoms with van der Waals surface area (Å²) in [5.41, 5.74) is 0.786. The molecule has 6 nitrogen and oxygen atoms in total. The van der Waals surface area contributed by atoms with Gasteiger partial charge in [-0.3, -0.25) is 9.78 Å². The zero-order valence-corrected chi connectivity index (χ0v) is 13.2. The molecule has 1 fully saturated rings. The number of hydrogen-bond acceptors (Lipinski definition) is 5. The van der Waals surface area contributed by atoms with Gasteiger partial charge in [0.1, 0.15) is 0 Å². The van der Waals surface area contributed by atoms with Crippen LogP contribution in [0, 0.1) is 0 Å². The highest BCUT2D eigenvalue weighted by atomic mass is 16.4. The van der Waals surface area contributed by atoms with Gasteiger partial charge in [0, 0.05) is 31.3 Å². The van der Waals surface area contributed by atoms with Crippen molar-refractivity contribution in [2.45, 2.75) is 57.4 Å². The van der Waals surface area contributed by atoms with Crippen LogP contribution in [-0.2, 0) is 11.2 Å². The molecule has 1 aliphatic rings. The van der Waals surface area contributed by atoms with Crippen LogP contribution in [0.4, 0.5) is 0 Å². The maximum atomic E-state index is 12.1. The molecule has 0 spiro atoms. The lowest BCUT2D eigenvalue weighted by atomic mass is 10.1. The van der Waals surface area contributed by atoms with Crippen LogP contribution in [0.1, 0.15) is 50.8 Å². The second kappa shape index (κ2) is 7.85. The molecule has 0 aliphatic heterocycles. The van der Waals surface area contributed by atoms with Gasteiger partial charge in [0.15, 0.2) is 0 Å². The van der Waals surface area contributed by atoms with Crippen molar-refractivity contribution in [2.24, 2.45) is 0 Å². The second-order valence-corrected chi connectivity index (χ2v) is 6.00. The van der Waals surface area contributed by atoms with Crippen LogP contribution >= 0.6 is 0 Å². The molecule has 1 aliphatic carbocycles. The average molecular weight is 314 g/mol. The van der Waals surface area contributed by atoms with Gasteiger partial charge in [-0.25, -0.2) is 0 Å². The van der Waals surface area contributed by atoms with E-state index in [0.29, 0.717) is 30.7 Å². The van der Waals surface area contributed by atoms with Gasteiger partial charge in [0.25, 0.3) is 0 Å². The first-order valence-electron chi connectivity index (χ1n) is 8.33. The quantitative estimate of drug-likeness (QED) is 0.858. The Morgan fingerprint density at radius 3 is 2.78 bits per heavy atom. The molecule has 0 atom stereocenters. The minimum absolute atomic E-state index is 0.0676. The molecule has 23 heavy (non-hydrogen) atoms. The van der Waals surface area contributed by atoms with Crippen LogP contribution in [0.25, 0.3) is 11.5 Å². The number of carbonyl (C=O) groups excluding carboxylic acids is 1. The molecule has 6 heteroatoms. The van der Waals surface area contributed by atoms with Crippen LogP contribution in [0.15, 0.2) is 28.9 Å². The first-order chi connectivity index (χ1) is 11.3. The van der Waals surface area contributed by atoms with E-state index in [2.05, 4.69) is 20.5 Å². The topological polar surface area (TPSA) is 80.9 Å². The van der Waals surface area contributed by atoms with Gasteiger partial charge in [-0.1, -0.05) is 25.7 Å². The molecule has 0 radical (unpaired) electrons. The molecule has 1 saturated carbocycles. The van der Waals surface area contributed by atoms with Gasteiger partial charge < -0.3 is 9.73 Å².